The number of rotatable bonds is 14. The molecule has 1 aliphatic carbocycles. The molecule has 126 valence electrons. The molecule has 0 heterocycles. The van der Waals surface area contributed by atoms with Crippen LogP contribution < -0.4 is 0 Å². The van der Waals surface area contributed by atoms with Gasteiger partial charge in [0.25, 0.3) is 0 Å². The van der Waals surface area contributed by atoms with Crippen molar-refractivity contribution >= 4 is 23.2 Å². The molecular weight excluding hydrogens is 299 g/mol. The lowest BCUT2D eigenvalue weighted by atomic mass is 10.0. The van der Waals surface area contributed by atoms with Gasteiger partial charge in [-0.25, -0.2) is 0 Å². The van der Waals surface area contributed by atoms with Crippen LogP contribution in [0.4, 0.5) is 0 Å². The molecule has 1 aliphatic rings. The molecule has 21 heavy (non-hydrogen) atoms. The van der Waals surface area contributed by atoms with Gasteiger partial charge in [0.1, 0.15) is 4.33 Å². The van der Waals surface area contributed by atoms with Crippen LogP contribution in [-0.2, 0) is 0 Å². The zero-order valence-corrected chi connectivity index (χ0v) is 15.8. The molecule has 1 fully saturated rings. The summed E-state index contributed by atoms with van der Waals surface area (Å²) in [6.45, 7) is 4.54. The fraction of sp³-hybridized carbons (Fsp3) is 1.00. The van der Waals surface area contributed by atoms with Crippen molar-refractivity contribution in [1.29, 1.82) is 0 Å². The van der Waals surface area contributed by atoms with E-state index in [1.807, 2.05) is 0 Å². The van der Waals surface area contributed by atoms with Crippen molar-refractivity contribution in [3.8, 4) is 0 Å². The average molecular weight is 335 g/mol. The van der Waals surface area contributed by atoms with Crippen LogP contribution in [-0.4, -0.2) is 4.33 Å². The van der Waals surface area contributed by atoms with Gasteiger partial charge in [0, 0.05) is 0 Å². The van der Waals surface area contributed by atoms with Gasteiger partial charge in [0.2, 0.25) is 0 Å². The van der Waals surface area contributed by atoms with Crippen LogP contribution in [0.2, 0.25) is 0 Å². The summed E-state index contributed by atoms with van der Waals surface area (Å²) in [6, 6.07) is 0. The van der Waals surface area contributed by atoms with Gasteiger partial charge in [-0.05, 0) is 24.7 Å². The predicted octanol–water partition coefficient (Wildman–Crippen LogP) is 7.91. The van der Waals surface area contributed by atoms with E-state index in [0.717, 1.165) is 0 Å². The molecule has 0 radical (unpaired) electrons. The van der Waals surface area contributed by atoms with Crippen LogP contribution in [0.25, 0.3) is 0 Å². The normalized spacial score (nSPS) is 23.4. The lowest BCUT2D eigenvalue weighted by molar-refractivity contribution is 0.515. The molecule has 2 unspecified atom stereocenters. The first-order valence-corrected chi connectivity index (χ1v) is 10.3. The van der Waals surface area contributed by atoms with Crippen molar-refractivity contribution in [2.24, 2.45) is 11.8 Å². The second kappa shape index (κ2) is 11.2. The maximum absolute atomic E-state index is 6.46. The van der Waals surface area contributed by atoms with Crippen LogP contribution in [0.1, 0.15) is 104 Å². The number of hydrogen-bond donors (Lipinski definition) is 0. The molecule has 2 atom stereocenters. The highest BCUT2D eigenvalue weighted by molar-refractivity contribution is 6.51. The summed E-state index contributed by atoms with van der Waals surface area (Å²) >= 11 is 12.9. The third kappa shape index (κ3) is 7.60. The van der Waals surface area contributed by atoms with Gasteiger partial charge < -0.3 is 0 Å². The second-order valence-corrected chi connectivity index (χ2v) is 8.44. The van der Waals surface area contributed by atoms with Gasteiger partial charge in [0.15, 0.2) is 0 Å². The number of alkyl halides is 2. The average Bonchev–Trinajstić information content (AvgIpc) is 2.98. The fourth-order valence-corrected chi connectivity index (χ4v) is 4.46. The topological polar surface area (TPSA) is 0 Å². The predicted molar refractivity (Wildman–Crippen MR) is 97.4 cm³/mol. The molecule has 0 nitrogen and oxygen atoms in total. The Bertz CT molecular complexity index is 226. The third-order valence-corrected chi connectivity index (χ3v) is 6.22. The molecule has 0 spiro atoms. The third-order valence-electron chi connectivity index (χ3n) is 5.10. The summed E-state index contributed by atoms with van der Waals surface area (Å²) in [4.78, 5) is 0. The van der Waals surface area contributed by atoms with Gasteiger partial charge >= 0.3 is 0 Å². The van der Waals surface area contributed by atoms with E-state index in [9.17, 15) is 0 Å². The molecule has 0 N–H and O–H groups in total. The van der Waals surface area contributed by atoms with Crippen molar-refractivity contribution < 1.29 is 0 Å². The number of hydrogen-bond acceptors (Lipinski definition) is 0. The maximum atomic E-state index is 6.46. The van der Waals surface area contributed by atoms with Crippen molar-refractivity contribution in [3.05, 3.63) is 0 Å². The molecule has 0 aromatic carbocycles. The highest BCUT2D eigenvalue weighted by Crippen LogP contribution is 2.63. The zero-order chi connectivity index (χ0) is 15.6. The molecule has 1 saturated carbocycles. The van der Waals surface area contributed by atoms with Crippen LogP contribution in [0, 0.1) is 11.8 Å². The van der Waals surface area contributed by atoms with Crippen LogP contribution >= 0.6 is 23.2 Å². The molecule has 0 bridgehead atoms. The Kier molecular flexibility index (Phi) is 10.4. The maximum Gasteiger partial charge on any atom is 0.124 e. The van der Waals surface area contributed by atoms with Gasteiger partial charge in [-0.2, -0.15) is 0 Å². The Hall–Kier alpha value is 0.580. The molecule has 2 heteroatoms. The van der Waals surface area contributed by atoms with Crippen LogP contribution in [0.3, 0.4) is 0 Å². The Balaban J connectivity index is 2.00. The first-order chi connectivity index (χ1) is 10.1. The van der Waals surface area contributed by atoms with Gasteiger partial charge in [-0.1, -0.05) is 90.9 Å². The van der Waals surface area contributed by atoms with Crippen molar-refractivity contribution in [1.82, 2.24) is 0 Å². The summed E-state index contributed by atoms with van der Waals surface area (Å²) in [5, 5.41) is 0. The molecule has 0 saturated heterocycles. The minimum Gasteiger partial charge on any atom is -0.101 e. The van der Waals surface area contributed by atoms with Crippen molar-refractivity contribution in [2.45, 2.75) is 108 Å². The quantitative estimate of drug-likeness (QED) is 0.223. The second-order valence-electron chi connectivity index (χ2n) is 7.00. The minimum atomic E-state index is -0.382. The van der Waals surface area contributed by atoms with E-state index in [1.165, 1.54) is 89.9 Å². The summed E-state index contributed by atoms with van der Waals surface area (Å²) in [7, 11) is 0. The molecule has 0 amide bonds. The summed E-state index contributed by atoms with van der Waals surface area (Å²) < 4.78 is -0.382. The standard InChI is InChI=1S/C19H36Cl2/c1-3-5-7-9-11-13-15-17-18(19(17,20)21)16-14-12-10-8-6-4-2/h17-18H,3-16H2,1-2H3. The van der Waals surface area contributed by atoms with E-state index in [0.29, 0.717) is 11.8 Å². The number of halogens is 2. The van der Waals surface area contributed by atoms with E-state index in [-0.39, 0.29) is 4.33 Å². The largest absolute Gasteiger partial charge is 0.124 e. The van der Waals surface area contributed by atoms with Crippen molar-refractivity contribution in [3.63, 3.8) is 0 Å². The minimum absolute atomic E-state index is 0.382. The van der Waals surface area contributed by atoms with E-state index in [1.54, 1.807) is 0 Å². The molecule has 1 rings (SSSR count). The first kappa shape index (κ1) is 19.6. The van der Waals surface area contributed by atoms with Gasteiger partial charge in [0.05, 0.1) is 0 Å². The highest BCUT2D eigenvalue weighted by atomic mass is 35.5. The Morgan fingerprint density at radius 1 is 0.571 bits per heavy atom. The Morgan fingerprint density at radius 2 is 0.905 bits per heavy atom. The number of unbranched alkanes of at least 4 members (excludes halogenated alkanes) is 10. The highest BCUT2D eigenvalue weighted by Gasteiger charge is 2.61. The molecule has 0 aliphatic heterocycles. The summed E-state index contributed by atoms with van der Waals surface area (Å²) in [5.74, 6) is 1.17. The van der Waals surface area contributed by atoms with E-state index >= 15 is 0 Å². The van der Waals surface area contributed by atoms with Crippen molar-refractivity contribution in [2.75, 3.05) is 0 Å². The summed E-state index contributed by atoms with van der Waals surface area (Å²) in [6.07, 6.45) is 18.9. The van der Waals surface area contributed by atoms with Gasteiger partial charge in [-0.15, -0.1) is 23.2 Å². The zero-order valence-electron chi connectivity index (χ0n) is 14.3. The molecular formula is C19H36Cl2. The molecule has 0 aromatic heterocycles. The lowest BCUT2D eigenvalue weighted by Crippen LogP contribution is -1.91. The van der Waals surface area contributed by atoms with E-state index in [2.05, 4.69) is 13.8 Å². The van der Waals surface area contributed by atoms with E-state index < -0.39 is 0 Å². The first-order valence-electron chi connectivity index (χ1n) is 9.52. The Labute approximate surface area is 143 Å². The fourth-order valence-electron chi connectivity index (χ4n) is 3.54. The van der Waals surface area contributed by atoms with Crippen LogP contribution in [0.5, 0.6) is 0 Å². The summed E-state index contributed by atoms with van der Waals surface area (Å²) in [5.41, 5.74) is 0. The SMILES string of the molecule is CCCCCCCCC1C(CCCCCCCC)C1(Cl)Cl. The molecule has 0 aromatic rings. The smallest absolute Gasteiger partial charge is 0.101 e. The van der Waals surface area contributed by atoms with Crippen LogP contribution in [0.15, 0.2) is 0 Å². The van der Waals surface area contributed by atoms with Gasteiger partial charge in [-0.3, -0.25) is 0 Å². The lowest BCUT2D eigenvalue weighted by Gasteiger charge is -2.01. The monoisotopic (exact) mass is 334 g/mol. The van der Waals surface area contributed by atoms with E-state index in [4.69, 9.17) is 23.2 Å². The Morgan fingerprint density at radius 3 is 1.29 bits per heavy atom.